The van der Waals surface area contributed by atoms with E-state index in [9.17, 15) is 0 Å². The lowest BCUT2D eigenvalue weighted by Crippen LogP contribution is -2.39. The molecular formula is C17H28N2O. The maximum Gasteiger partial charge on any atom is 0.119 e. The molecule has 3 heteroatoms. The first-order valence-electron chi connectivity index (χ1n) is 7.81. The van der Waals surface area contributed by atoms with Crippen LogP contribution in [0.25, 0.3) is 0 Å². The van der Waals surface area contributed by atoms with Gasteiger partial charge in [0.15, 0.2) is 0 Å². The van der Waals surface area contributed by atoms with E-state index in [1.807, 2.05) is 24.3 Å². The summed E-state index contributed by atoms with van der Waals surface area (Å²) in [5.41, 5.74) is 6.76. The number of likely N-dealkylation sites (tertiary alicyclic amines) is 1. The highest BCUT2D eigenvalue weighted by atomic mass is 16.5. The molecule has 0 saturated carbocycles. The number of benzene rings is 1. The fourth-order valence-corrected chi connectivity index (χ4v) is 3.22. The zero-order valence-electron chi connectivity index (χ0n) is 12.8. The first kappa shape index (κ1) is 15.3. The molecule has 0 aromatic heterocycles. The number of hydrogen-bond donors (Lipinski definition) is 1. The minimum atomic E-state index is 0.570. The maximum atomic E-state index is 5.81. The monoisotopic (exact) mass is 276 g/mol. The number of nitrogens with zero attached hydrogens (tertiary/aromatic N) is 1. The summed E-state index contributed by atoms with van der Waals surface area (Å²) < 4.78 is 5.81. The summed E-state index contributed by atoms with van der Waals surface area (Å²) in [5.74, 6) is 2.61. The van der Waals surface area contributed by atoms with Crippen LogP contribution in [0.2, 0.25) is 0 Å². The van der Waals surface area contributed by atoms with Crippen LogP contribution in [-0.4, -0.2) is 31.1 Å². The van der Waals surface area contributed by atoms with E-state index in [4.69, 9.17) is 10.5 Å². The third kappa shape index (κ3) is 4.80. The normalized spacial score (nSPS) is 23.8. The van der Waals surface area contributed by atoms with E-state index >= 15 is 0 Å². The minimum absolute atomic E-state index is 0.570. The van der Waals surface area contributed by atoms with Crippen molar-refractivity contribution >= 4 is 0 Å². The highest BCUT2D eigenvalue weighted by Gasteiger charge is 2.20. The topological polar surface area (TPSA) is 38.5 Å². The predicted octanol–water partition coefficient (Wildman–Crippen LogP) is 2.89. The number of piperidine rings is 1. The Balaban J connectivity index is 1.68. The fourth-order valence-electron chi connectivity index (χ4n) is 3.22. The van der Waals surface area contributed by atoms with E-state index in [-0.39, 0.29) is 0 Å². The van der Waals surface area contributed by atoms with Crippen molar-refractivity contribution < 1.29 is 4.74 Å². The molecule has 1 aliphatic rings. The molecule has 0 bridgehead atoms. The van der Waals surface area contributed by atoms with Crippen LogP contribution in [0.15, 0.2) is 24.3 Å². The lowest BCUT2D eigenvalue weighted by atomic mass is 9.92. The van der Waals surface area contributed by atoms with Gasteiger partial charge in [0.1, 0.15) is 5.75 Å². The highest BCUT2D eigenvalue weighted by molar-refractivity contribution is 5.28. The van der Waals surface area contributed by atoms with Gasteiger partial charge in [-0.2, -0.15) is 0 Å². The molecule has 1 aromatic rings. The van der Waals surface area contributed by atoms with Crippen LogP contribution in [0.1, 0.15) is 32.3 Å². The van der Waals surface area contributed by atoms with Crippen molar-refractivity contribution in [3.8, 4) is 5.75 Å². The summed E-state index contributed by atoms with van der Waals surface area (Å²) in [6.45, 7) is 9.70. The SMILES string of the molecule is CC1CC(C)CN(CCCOc2cccc(CN)c2)C1. The third-order valence-electron chi connectivity index (χ3n) is 3.97. The van der Waals surface area contributed by atoms with Gasteiger partial charge in [-0.15, -0.1) is 0 Å². The van der Waals surface area contributed by atoms with Gasteiger partial charge in [0.2, 0.25) is 0 Å². The van der Waals surface area contributed by atoms with E-state index in [2.05, 4.69) is 18.7 Å². The molecule has 1 fully saturated rings. The van der Waals surface area contributed by atoms with E-state index in [1.165, 1.54) is 19.5 Å². The smallest absolute Gasteiger partial charge is 0.119 e. The van der Waals surface area contributed by atoms with Gasteiger partial charge < -0.3 is 15.4 Å². The third-order valence-corrected chi connectivity index (χ3v) is 3.97. The number of rotatable bonds is 6. The van der Waals surface area contributed by atoms with Crippen LogP contribution in [-0.2, 0) is 6.54 Å². The Bertz CT molecular complexity index is 398. The van der Waals surface area contributed by atoms with Crippen LogP contribution < -0.4 is 10.5 Å². The summed E-state index contributed by atoms with van der Waals surface area (Å²) in [5, 5.41) is 0. The molecule has 112 valence electrons. The molecule has 2 atom stereocenters. The lowest BCUT2D eigenvalue weighted by molar-refractivity contribution is 0.132. The Kier molecular flexibility index (Phi) is 5.86. The van der Waals surface area contributed by atoms with E-state index in [0.29, 0.717) is 6.54 Å². The first-order valence-corrected chi connectivity index (χ1v) is 7.81. The number of ether oxygens (including phenoxy) is 1. The zero-order valence-corrected chi connectivity index (χ0v) is 12.8. The summed E-state index contributed by atoms with van der Waals surface area (Å²) >= 11 is 0. The van der Waals surface area contributed by atoms with E-state index in [1.54, 1.807) is 0 Å². The van der Waals surface area contributed by atoms with Crippen LogP contribution >= 0.6 is 0 Å². The van der Waals surface area contributed by atoms with Crippen molar-refractivity contribution in [2.75, 3.05) is 26.2 Å². The summed E-state index contributed by atoms with van der Waals surface area (Å²) in [6.07, 6.45) is 2.46. The van der Waals surface area contributed by atoms with Crippen molar-refractivity contribution in [3.05, 3.63) is 29.8 Å². The first-order chi connectivity index (χ1) is 9.67. The molecule has 3 nitrogen and oxygen atoms in total. The Morgan fingerprint density at radius 2 is 2.00 bits per heavy atom. The highest BCUT2D eigenvalue weighted by Crippen LogP contribution is 2.21. The fraction of sp³-hybridized carbons (Fsp3) is 0.647. The average molecular weight is 276 g/mol. The van der Waals surface area contributed by atoms with Gasteiger partial charge in [-0.25, -0.2) is 0 Å². The summed E-state index contributed by atoms with van der Waals surface area (Å²) in [6, 6.07) is 8.07. The van der Waals surface area contributed by atoms with Crippen LogP contribution in [0.5, 0.6) is 5.75 Å². The molecule has 1 heterocycles. The quantitative estimate of drug-likeness (QED) is 0.812. The summed E-state index contributed by atoms with van der Waals surface area (Å²) in [7, 11) is 0. The Labute approximate surface area is 123 Å². The van der Waals surface area contributed by atoms with Crippen molar-refractivity contribution in [1.82, 2.24) is 4.90 Å². The van der Waals surface area contributed by atoms with E-state index < -0.39 is 0 Å². The Morgan fingerprint density at radius 3 is 2.70 bits per heavy atom. The lowest BCUT2D eigenvalue weighted by Gasteiger charge is -2.34. The van der Waals surface area contributed by atoms with Crippen molar-refractivity contribution in [1.29, 1.82) is 0 Å². The molecule has 1 aromatic carbocycles. The molecular weight excluding hydrogens is 248 g/mol. The van der Waals surface area contributed by atoms with Crippen LogP contribution in [0.4, 0.5) is 0 Å². The van der Waals surface area contributed by atoms with Gasteiger partial charge in [-0.3, -0.25) is 0 Å². The van der Waals surface area contributed by atoms with Gasteiger partial charge in [0.05, 0.1) is 6.61 Å². The second-order valence-electron chi connectivity index (χ2n) is 6.26. The molecule has 0 spiro atoms. The maximum absolute atomic E-state index is 5.81. The van der Waals surface area contributed by atoms with Gasteiger partial charge >= 0.3 is 0 Å². The molecule has 2 N–H and O–H groups in total. The molecule has 0 amide bonds. The zero-order chi connectivity index (χ0) is 14.4. The minimum Gasteiger partial charge on any atom is -0.494 e. The van der Waals surface area contributed by atoms with Gasteiger partial charge in [0, 0.05) is 26.2 Å². The van der Waals surface area contributed by atoms with Gasteiger partial charge in [0.25, 0.3) is 0 Å². The standard InChI is InChI=1S/C17H28N2O/c1-14-9-15(2)13-19(12-14)7-4-8-20-17-6-3-5-16(10-17)11-18/h3,5-6,10,14-15H,4,7-9,11-13,18H2,1-2H3. The van der Waals surface area contributed by atoms with Gasteiger partial charge in [-0.05, 0) is 42.4 Å². The predicted molar refractivity (Wildman–Crippen MR) is 83.8 cm³/mol. The molecule has 2 rings (SSSR count). The Hall–Kier alpha value is -1.06. The molecule has 2 unspecified atom stereocenters. The second kappa shape index (κ2) is 7.65. The Morgan fingerprint density at radius 1 is 1.25 bits per heavy atom. The van der Waals surface area contributed by atoms with Crippen molar-refractivity contribution in [2.24, 2.45) is 17.6 Å². The number of nitrogens with two attached hydrogens (primary N) is 1. The van der Waals surface area contributed by atoms with Crippen molar-refractivity contribution in [3.63, 3.8) is 0 Å². The second-order valence-corrected chi connectivity index (χ2v) is 6.26. The largest absolute Gasteiger partial charge is 0.494 e. The van der Waals surface area contributed by atoms with E-state index in [0.717, 1.165) is 42.7 Å². The van der Waals surface area contributed by atoms with Gasteiger partial charge in [-0.1, -0.05) is 26.0 Å². The molecule has 0 aliphatic carbocycles. The molecule has 20 heavy (non-hydrogen) atoms. The molecule has 1 saturated heterocycles. The number of hydrogen-bond acceptors (Lipinski definition) is 3. The van der Waals surface area contributed by atoms with Crippen LogP contribution in [0.3, 0.4) is 0 Å². The molecule has 0 radical (unpaired) electrons. The molecule has 1 aliphatic heterocycles. The van der Waals surface area contributed by atoms with Crippen LogP contribution in [0, 0.1) is 11.8 Å². The average Bonchev–Trinajstić information content (AvgIpc) is 2.43. The summed E-state index contributed by atoms with van der Waals surface area (Å²) in [4.78, 5) is 2.58. The van der Waals surface area contributed by atoms with Crippen molar-refractivity contribution in [2.45, 2.75) is 33.2 Å².